The molecule has 1 aromatic carbocycles. The van der Waals surface area contributed by atoms with Gasteiger partial charge in [0.1, 0.15) is 17.9 Å². The molecule has 0 aliphatic carbocycles. The van der Waals surface area contributed by atoms with Gasteiger partial charge in [-0.3, -0.25) is 0 Å². The predicted molar refractivity (Wildman–Crippen MR) is 93.8 cm³/mol. The Hall–Kier alpha value is -1.79. The fraction of sp³-hybridized carbons (Fsp3) is 0.556. The number of quaternary nitrogens is 1. The van der Waals surface area contributed by atoms with Crippen molar-refractivity contribution in [2.75, 3.05) is 26.9 Å². The number of ether oxygens (including phenoxy) is 3. The summed E-state index contributed by atoms with van der Waals surface area (Å²) in [5.41, 5.74) is -0.137. The minimum Gasteiger partial charge on any atom is -0.465 e. The molecule has 1 amide bonds. The molecule has 7 heteroatoms. The van der Waals surface area contributed by atoms with Crippen LogP contribution in [0.2, 0.25) is 0 Å². The first-order chi connectivity index (χ1) is 11.6. The van der Waals surface area contributed by atoms with E-state index < -0.39 is 11.6 Å². The van der Waals surface area contributed by atoms with Crippen molar-refractivity contribution >= 4 is 23.7 Å². The molecule has 2 atom stereocenters. The summed E-state index contributed by atoms with van der Waals surface area (Å²) in [6.07, 6.45) is 0.396. The van der Waals surface area contributed by atoms with Crippen molar-refractivity contribution in [1.29, 1.82) is 0 Å². The SMILES string of the molecule is COC(=O)c1ccc(OC[N+]2(C(=O)OC(C)(C)C)CCC(Cl)C2)cc1. The molecule has 0 saturated carbocycles. The normalized spacial score (nSPS) is 23.2. The first kappa shape index (κ1) is 19.5. The molecule has 1 aliphatic heterocycles. The lowest BCUT2D eigenvalue weighted by molar-refractivity contribution is -0.862. The fourth-order valence-corrected chi connectivity index (χ4v) is 3.01. The first-order valence-corrected chi connectivity index (χ1v) is 8.64. The number of amides is 1. The summed E-state index contributed by atoms with van der Waals surface area (Å²) in [4.78, 5) is 24.1. The lowest BCUT2D eigenvalue weighted by Crippen LogP contribution is -2.55. The van der Waals surface area contributed by atoms with Crippen molar-refractivity contribution in [1.82, 2.24) is 0 Å². The second kappa shape index (κ2) is 7.62. The van der Waals surface area contributed by atoms with Crippen LogP contribution >= 0.6 is 11.6 Å². The Labute approximate surface area is 153 Å². The third-order valence-corrected chi connectivity index (χ3v) is 4.31. The van der Waals surface area contributed by atoms with E-state index in [-0.39, 0.29) is 22.7 Å². The smallest absolute Gasteiger partial charge is 0.465 e. The van der Waals surface area contributed by atoms with Crippen LogP contribution in [0, 0.1) is 0 Å². The number of carbonyl (C=O) groups excluding carboxylic acids is 2. The number of halogens is 1. The lowest BCUT2D eigenvalue weighted by Gasteiger charge is -2.32. The van der Waals surface area contributed by atoms with Crippen LogP contribution in [-0.2, 0) is 9.47 Å². The van der Waals surface area contributed by atoms with E-state index in [2.05, 4.69) is 4.74 Å². The minimum absolute atomic E-state index is 0.0319. The van der Waals surface area contributed by atoms with E-state index in [1.807, 2.05) is 20.8 Å². The number of methoxy groups -OCH3 is 1. The van der Waals surface area contributed by atoms with Gasteiger partial charge in [0.05, 0.1) is 24.6 Å². The monoisotopic (exact) mass is 370 g/mol. The molecular weight excluding hydrogens is 346 g/mol. The molecule has 0 radical (unpaired) electrons. The highest BCUT2D eigenvalue weighted by molar-refractivity contribution is 6.20. The summed E-state index contributed by atoms with van der Waals surface area (Å²) in [7, 11) is 1.33. The maximum Gasteiger partial charge on any atom is 0.519 e. The summed E-state index contributed by atoms with van der Waals surface area (Å²) in [6.45, 7) is 6.68. The van der Waals surface area contributed by atoms with Crippen LogP contribution in [0.15, 0.2) is 24.3 Å². The Bertz CT molecular complexity index is 625. The lowest BCUT2D eigenvalue weighted by atomic mass is 10.2. The number of esters is 1. The van der Waals surface area contributed by atoms with Crippen LogP contribution in [0.4, 0.5) is 4.79 Å². The Morgan fingerprint density at radius 1 is 1.24 bits per heavy atom. The van der Waals surface area contributed by atoms with Crippen LogP contribution in [-0.4, -0.2) is 54.5 Å². The van der Waals surface area contributed by atoms with Gasteiger partial charge >= 0.3 is 12.1 Å². The number of benzene rings is 1. The van der Waals surface area contributed by atoms with Gasteiger partial charge in [0, 0.05) is 6.42 Å². The van der Waals surface area contributed by atoms with Crippen LogP contribution in [0.1, 0.15) is 37.6 Å². The molecule has 1 aromatic rings. The zero-order chi connectivity index (χ0) is 18.7. The third-order valence-electron chi connectivity index (χ3n) is 3.95. The summed E-state index contributed by atoms with van der Waals surface area (Å²) in [5, 5.41) is -0.0854. The van der Waals surface area contributed by atoms with Crippen molar-refractivity contribution in [2.45, 2.75) is 38.2 Å². The van der Waals surface area contributed by atoms with Gasteiger partial charge in [0.2, 0.25) is 6.73 Å². The molecule has 138 valence electrons. The molecule has 0 N–H and O–H groups in total. The first-order valence-electron chi connectivity index (χ1n) is 8.20. The van der Waals surface area contributed by atoms with Crippen LogP contribution in [0.25, 0.3) is 0 Å². The van der Waals surface area contributed by atoms with Crippen LogP contribution in [0.5, 0.6) is 5.75 Å². The van der Waals surface area contributed by atoms with Gasteiger partial charge in [-0.1, -0.05) is 0 Å². The highest BCUT2D eigenvalue weighted by atomic mass is 35.5. The molecule has 2 rings (SSSR count). The maximum atomic E-state index is 12.7. The van der Waals surface area contributed by atoms with Gasteiger partial charge < -0.3 is 14.2 Å². The van der Waals surface area contributed by atoms with Gasteiger partial charge in [-0.05, 0) is 45.0 Å². The standard InChI is InChI=1S/C18H25ClNO5/c1-18(2,3)25-17(22)20(10-9-14(19)11-20)12-24-15-7-5-13(6-8-15)16(21)23-4/h5-8,14H,9-12H2,1-4H3/q+1. The highest BCUT2D eigenvalue weighted by Gasteiger charge is 2.47. The minimum atomic E-state index is -0.575. The van der Waals surface area contributed by atoms with E-state index in [1.165, 1.54) is 7.11 Å². The van der Waals surface area contributed by atoms with Gasteiger partial charge in [-0.2, -0.15) is 9.28 Å². The van der Waals surface area contributed by atoms with Crippen molar-refractivity contribution in [3.8, 4) is 5.75 Å². The average Bonchev–Trinajstić information content (AvgIpc) is 2.94. The maximum absolute atomic E-state index is 12.7. The largest absolute Gasteiger partial charge is 0.519 e. The van der Waals surface area contributed by atoms with E-state index in [9.17, 15) is 9.59 Å². The van der Waals surface area contributed by atoms with Crippen LogP contribution in [0.3, 0.4) is 0 Å². The summed E-state index contributed by atoms with van der Waals surface area (Å²) >= 11 is 6.23. The molecule has 1 saturated heterocycles. The number of carbonyl (C=O) groups is 2. The number of nitrogens with zero attached hydrogens (tertiary/aromatic N) is 1. The summed E-state index contributed by atoms with van der Waals surface area (Å²) < 4.78 is 16.1. The topological polar surface area (TPSA) is 61.8 Å². The molecule has 1 heterocycles. The highest BCUT2D eigenvalue weighted by Crippen LogP contribution is 2.28. The van der Waals surface area contributed by atoms with E-state index in [0.717, 1.165) is 6.42 Å². The Morgan fingerprint density at radius 2 is 1.88 bits per heavy atom. The van der Waals surface area contributed by atoms with E-state index in [0.29, 0.717) is 24.4 Å². The Balaban J connectivity index is 2.08. The molecule has 1 fully saturated rings. The van der Waals surface area contributed by atoms with Gasteiger partial charge in [0.25, 0.3) is 0 Å². The molecule has 0 aromatic heterocycles. The van der Waals surface area contributed by atoms with Crippen LogP contribution < -0.4 is 4.74 Å². The van der Waals surface area contributed by atoms with E-state index >= 15 is 0 Å². The number of hydrogen-bond acceptors (Lipinski definition) is 5. The fourth-order valence-electron chi connectivity index (χ4n) is 2.65. The van der Waals surface area contributed by atoms with E-state index in [4.69, 9.17) is 21.1 Å². The van der Waals surface area contributed by atoms with Crippen molar-refractivity contribution < 1.29 is 28.3 Å². The van der Waals surface area contributed by atoms with Crippen molar-refractivity contribution in [3.05, 3.63) is 29.8 Å². The average molecular weight is 371 g/mol. The Morgan fingerprint density at radius 3 is 2.36 bits per heavy atom. The molecule has 2 unspecified atom stereocenters. The number of rotatable bonds is 4. The molecule has 0 spiro atoms. The molecule has 0 bridgehead atoms. The number of hydrogen-bond donors (Lipinski definition) is 0. The number of alkyl halides is 1. The predicted octanol–water partition coefficient (Wildman–Crippen LogP) is 3.57. The van der Waals surface area contributed by atoms with Crippen molar-refractivity contribution in [3.63, 3.8) is 0 Å². The zero-order valence-corrected chi connectivity index (χ0v) is 15.8. The molecule has 6 nitrogen and oxygen atoms in total. The van der Waals surface area contributed by atoms with Gasteiger partial charge in [-0.15, -0.1) is 11.6 Å². The molecule has 1 aliphatic rings. The third kappa shape index (κ3) is 5.09. The summed E-state index contributed by atoms with van der Waals surface area (Å²) in [6, 6.07) is 6.58. The Kier molecular flexibility index (Phi) is 5.95. The van der Waals surface area contributed by atoms with Crippen molar-refractivity contribution in [2.24, 2.45) is 0 Å². The van der Waals surface area contributed by atoms with Gasteiger partial charge in [-0.25, -0.2) is 4.79 Å². The summed E-state index contributed by atoms with van der Waals surface area (Å²) in [5.74, 6) is 0.153. The number of likely N-dealkylation sites (tertiary alicyclic amines) is 1. The molecule has 25 heavy (non-hydrogen) atoms. The molecular formula is C18H25ClNO5+. The zero-order valence-electron chi connectivity index (χ0n) is 15.1. The second-order valence-corrected chi connectivity index (χ2v) is 7.82. The van der Waals surface area contributed by atoms with E-state index in [1.54, 1.807) is 24.3 Å². The quantitative estimate of drug-likeness (QED) is 0.460. The second-order valence-electron chi connectivity index (χ2n) is 7.21. The van der Waals surface area contributed by atoms with Gasteiger partial charge in [0.15, 0.2) is 0 Å².